The highest BCUT2D eigenvalue weighted by molar-refractivity contribution is 6.00. The summed E-state index contributed by atoms with van der Waals surface area (Å²) in [5.41, 5.74) is 1.90. The summed E-state index contributed by atoms with van der Waals surface area (Å²) < 4.78 is 4.97. The SMILES string of the molecule is CCc1ccc(N2CC(C(=O)OCC(=O)NC(=O)NCC(C)C)CC2=O)cc1. The molecule has 4 amide bonds. The molecule has 1 saturated heterocycles. The third-order valence-electron chi connectivity index (χ3n) is 4.38. The number of hydrogen-bond donors (Lipinski definition) is 2. The van der Waals surface area contributed by atoms with Gasteiger partial charge < -0.3 is 15.0 Å². The lowest BCUT2D eigenvalue weighted by Gasteiger charge is -2.17. The van der Waals surface area contributed by atoms with Gasteiger partial charge in [0.05, 0.1) is 5.92 Å². The number of carbonyl (C=O) groups is 4. The molecule has 0 saturated carbocycles. The third-order valence-corrected chi connectivity index (χ3v) is 4.38. The fraction of sp³-hybridized carbons (Fsp3) is 0.500. The number of amides is 4. The van der Waals surface area contributed by atoms with Crippen LogP contribution in [0.2, 0.25) is 0 Å². The molecule has 1 aliphatic heterocycles. The van der Waals surface area contributed by atoms with Gasteiger partial charge in [-0.15, -0.1) is 0 Å². The quantitative estimate of drug-likeness (QED) is 0.690. The van der Waals surface area contributed by atoms with Gasteiger partial charge in [-0.2, -0.15) is 0 Å². The highest BCUT2D eigenvalue weighted by atomic mass is 16.5. The van der Waals surface area contributed by atoms with E-state index in [0.29, 0.717) is 6.54 Å². The number of nitrogens with zero attached hydrogens (tertiary/aromatic N) is 1. The average Bonchev–Trinajstić information content (AvgIpc) is 3.06. The summed E-state index contributed by atoms with van der Waals surface area (Å²) in [6, 6.07) is 6.97. The van der Waals surface area contributed by atoms with E-state index >= 15 is 0 Å². The predicted molar refractivity (Wildman–Crippen MR) is 104 cm³/mol. The van der Waals surface area contributed by atoms with Crippen molar-refractivity contribution in [3.05, 3.63) is 29.8 Å². The Morgan fingerprint density at radius 1 is 1.21 bits per heavy atom. The van der Waals surface area contributed by atoms with Crippen LogP contribution in [0.5, 0.6) is 0 Å². The summed E-state index contributed by atoms with van der Waals surface area (Å²) in [5, 5.41) is 4.62. The van der Waals surface area contributed by atoms with Gasteiger partial charge in [-0.1, -0.05) is 32.9 Å². The number of anilines is 1. The smallest absolute Gasteiger partial charge is 0.321 e. The molecule has 0 bridgehead atoms. The number of imide groups is 1. The van der Waals surface area contributed by atoms with Gasteiger partial charge in [0.1, 0.15) is 0 Å². The van der Waals surface area contributed by atoms with Crippen LogP contribution in [-0.4, -0.2) is 43.5 Å². The number of nitrogens with one attached hydrogen (secondary N) is 2. The second-order valence-corrected chi connectivity index (χ2v) is 7.19. The topological polar surface area (TPSA) is 105 Å². The van der Waals surface area contributed by atoms with E-state index in [1.165, 1.54) is 0 Å². The lowest BCUT2D eigenvalue weighted by atomic mass is 10.1. The molecule has 1 fully saturated rings. The zero-order valence-corrected chi connectivity index (χ0v) is 16.5. The van der Waals surface area contributed by atoms with Gasteiger partial charge in [-0.3, -0.25) is 19.7 Å². The zero-order chi connectivity index (χ0) is 20.7. The highest BCUT2D eigenvalue weighted by Crippen LogP contribution is 2.26. The summed E-state index contributed by atoms with van der Waals surface area (Å²) in [5.74, 6) is -1.89. The Morgan fingerprint density at radius 3 is 2.50 bits per heavy atom. The number of benzene rings is 1. The molecular weight excluding hydrogens is 362 g/mol. The van der Waals surface area contributed by atoms with Crippen LogP contribution in [0.25, 0.3) is 0 Å². The number of rotatable bonds is 7. The van der Waals surface area contributed by atoms with Crippen LogP contribution >= 0.6 is 0 Å². The molecule has 0 aromatic heterocycles. The van der Waals surface area contributed by atoms with Crippen LogP contribution in [-0.2, 0) is 25.5 Å². The van der Waals surface area contributed by atoms with Crippen molar-refractivity contribution in [1.29, 1.82) is 0 Å². The fourth-order valence-corrected chi connectivity index (χ4v) is 2.78. The molecule has 2 N–H and O–H groups in total. The molecule has 8 nitrogen and oxygen atoms in total. The molecule has 28 heavy (non-hydrogen) atoms. The van der Waals surface area contributed by atoms with Crippen molar-refractivity contribution < 1.29 is 23.9 Å². The maximum atomic E-state index is 12.2. The van der Waals surface area contributed by atoms with Crippen molar-refractivity contribution in [2.24, 2.45) is 11.8 Å². The normalized spacial score (nSPS) is 16.2. The molecule has 1 atom stereocenters. The number of aryl methyl sites for hydroxylation is 1. The Hall–Kier alpha value is -2.90. The Bertz CT molecular complexity index is 730. The van der Waals surface area contributed by atoms with E-state index in [-0.39, 0.29) is 24.8 Å². The van der Waals surface area contributed by atoms with E-state index < -0.39 is 30.4 Å². The zero-order valence-electron chi connectivity index (χ0n) is 16.5. The Kier molecular flexibility index (Phi) is 7.54. The summed E-state index contributed by atoms with van der Waals surface area (Å²) >= 11 is 0. The minimum absolute atomic E-state index is 0.0326. The number of esters is 1. The average molecular weight is 389 g/mol. The molecule has 8 heteroatoms. The fourth-order valence-electron chi connectivity index (χ4n) is 2.78. The molecule has 2 rings (SSSR count). The Morgan fingerprint density at radius 2 is 1.89 bits per heavy atom. The van der Waals surface area contributed by atoms with Crippen LogP contribution in [0.3, 0.4) is 0 Å². The summed E-state index contributed by atoms with van der Waals surface area (Å²) in [6.45, 7) is 5.97. The van der Waals surface area contributed by atoms with Crippen LogP contribution in [0, 0.1) is 11.8 Å². The number of hydrogen-bond acceptors (Lipinski definition) is 5. The monoisotopic (exact) mass is 389 g/mol. The summed E-state index contributed by atoms with van der Waals surface area (Å²) in [7, 11) is 0. The van der Waals surface area contributed by atoms with Crippen molar-refractivity contribution in [3.63, 3.8) is 0 Å². The first-order chi connectivity index (χ1) is 13.3. The Balaban J connectivity index is 1.80. The largest absolute Gasteiger partial charge is 0.455 e. The van der Waals surface area contributed by atoms with Gasteiger partial charge in [0, 0.05) is 25.2 Å². The first kappa shape index (κ1) is 21.4. The van der Waals surface area contributed by atoms with Crippen LogP contribution in [0.4, 0.5) is 10.5 Å². The number of carbonyl (C=O) groups excluding carboxylic acids is 4. The second-order valence-electron chi connectivity index (χ2n) is 7.19. The van der Waals surface area contributed by atoms with Crippen molar-refractivity contribution in [3.8, 4) is 0 Å². The molecule has 0 radical (unpaired) electrons. The van der Waals surface area contributed by atoms with E-state index in [9.17, 15) is 19.2 Å². The van der Waals surface area contributed by atoms with Crippen LogP contribution < -0.4 is 15.5 Å². The third kappa shape index (κ3) is 6.07. The minimum atomic E-state index is -0.717. The van der Waals surface area contributed by atoms with Gasteiger partial charge >= 0.3 is 12.0 Å². The molecular formula is C20H27N3O5. The summed E-state index contributed by atoms with van der Waals surface area (Å²) in [6.07, 6.45) is 0.936. The van der Waals surface area contributed by atoms with E-state index in [4.69, 9.17) is 4.74 Å². The van der Waals surface area contributed by atoms with Crippen LogP contribution in [0.15, 0.2) is 24.3 Å². The standard InChI is InChI=1S/C20H27N3O5/c1-4-14-5-7-16(8-6-14)23-11-15(9-18(23)25)19(26)28-12-17(24)22-20(27)21-10-13(2)3/h5-8,13,15H,4,9-12H2,1-3H3,(H2,21,22,24,27). The number of ether oxygens (including phenoxy) is 1. The molecule has 1 unspecified atom stereocenters. The van der Waals surface area contributed by atoms with Gasteiger partial charge in [-0.05, 0) is 30.0 Å². The van der Waals surface area contributed by atoms with E-state index in [2.05, 4.69) is 10.6 Å². The molecule has 0 aliphatic carbocycles. The van der Waals surface area contributed by atoms with Crippen molar-refractivity contribution in [2.45, 2.75) is 33.6 Å². The van der Waals surface area contributed by atoms with Gasteiger partial charge in [0.15, 0.2) is 6.61 Å². The first-order valence-electron chi connectivity index (χ1n) is 9.43. The molecule has 0 spiro atoms. The molecule has 1 aromatic rings. The second kappa shape index (κ2) is 9.87. The Labute approximate surface area is 164 Å². The summed E-state index contributed by atoms with van der Waals surface area (Å²) in [4.78, 5) is 49.2. The van der Waals surface area contributed by atoms with Crippen molar-refractivity contribution in [1.82, 2.24) is 10.6 Å². The van der Waals surface area contributed by atoms with Crippen molar-refractivity contribution >= 4 is 29.5 Å². The van der Waals surface area contributed by atoms with Gasteiger partial charge in [0.25, 0.3) is 5.91 Å². The molecule has 1 heterocycles. The lowest BCUT2D eigenvalue weighted by molar-refractivity contribution is -0.152. The maximum Gasteiger partial charge on any atom is 0.321 e. The minimum Gasteiger partial charge on any atom is -0.455 e. The van der Waals surface area contributed by atoms with Crippen LogP contribution in [0.1, 0.15) is 32.8 Å². The van der Waals surface area contributed by atoms with Crippen molar-refractivity contribution in [2.75, 3.05) is 24.6 Å². The lowest BCUT2D eigenvalue weighted by Crippen LogP contribution is -2.42. The molecule has 152 valence electrons. The van der Waals surface area contributed by atoms with E-state index in [0.717, 1.165) is 17.7 Å². The molecule has 1 aliphatic rings. The number of urea groups is 1. The first-order valence-corrected chi connectivity index (χ1v) is 9.43. The maximum absolute atomic E-state index is 12.2. The van der Waals surface area contributed by atoms with Gasteiger partial charge in [0.2, 0.25) is 5.91 Å². The van der Waals surface area contributed by atoms with E-state index in [1.54, 1.807) is 4.90 Å². The van der Waals surface area contributed by atoms with E-state index in [1.807, 2.05) is 45.0 Å². The predicted octanol–water partition coefficient (Wildman–Crippen LogP) is 1.63. The van der Waals surface area contributed by atoms with Gasteiger partial charge in [-0.25, -0.2) is 4.79 Å². The highest BCUT2D eigenvalue weighted by Gasteiger charge is 2.36. The molecule has 1 aromatic carbocycles.